The number of nitrogens with one attached hydrogen (secondary N) is 1. The van der Waals surface area contributed by atoms with Crippen LogP contribution >= 0.6 is 15.9 Å². The van der Waals surface area contributed by atoms with Crippen molar-refractivity contribution in [2.24, 2.45) is 5.92 Å². The van der Waals surface area contributed by atoms with Gasteiger partial charge in [0.2, 0.25) is 0 Å². The van der Waals surface area contributed by atoms with E-state index in [-0.39, 0.29) is 6.42 Å². The zero-order valence-electron chi connectivity index (χ0n) is 11.6. The number of hydrogen-bond acceptors (Lipinski definition) is 1. The normalized spacial score (nSPS) is 23.7. The van der Waals surface area contributed by atoms with Crippen LogP contribution in [0.1, 0.15) is 43.0 Å². The first-order valence-corrected chi connectivity index (χ1v) is 7.88. The van der Waals surface area contributed by atoms with Gasteiger partial charge in [-0.05, 0) is 37.5 Å². The Labute approximate surface area is 129 Å². The van der Waals surface area contributed by atoms with Crippen LogP contribution in [0.25, 0.3) is 11.0 Å². The van der Waals surface area contributed by atoms with Crippen LogP contribution in [0.2, 0.25) is 0 Å². The van der Waals surface area contributed by atoms with Crippen molar-refractivity contribution in [2.45, 2.75) is 44.7 Å². The molecular weight excluding hydrogens is 345 g/mol. The highest BCUT2D eigenvalue weighted by atomic mass is 79.9. The molecule has 1 aliphatic rings. The van der Waals surface area contributed by atoms with Gasteiger partial charge in [-0.1, -0.05) is 28.8 Å². The van der Waals surface area contributed by atoms with Crippen molar-refractivity contribution in [1.82, 2.24) is 9.97 Å². The lowest BCUT2D eigenvalue weighted by Gasteiger charge is -2.31. The second-order valence-electron chi connectivity index (χ2n) is 5.78. The molecule has 0 bridgehead atoms. The topological polar surface area (TPSA) is 28.7 Å². The number of imidazole rings is 1. The number of rotatable bonds is 1. The Morgan fingerprint density at radius 2 is 1.95 bits per heavy atom. The zero-order valence-corrected chi connectivity index (χ0v) is 13.2. The number of hydrogen-bond donors (Lipinski definition) is 1. The standard InChI is InChI=1S/C15H16BrF3N2/c1-8-6-9(16)7-12-13(8)21-14(20-12)10-4-2-3-5-11(10)15(17,18)19/h6-7,10-11H,2-5H2,1H3,(H,20,21). The van der Waals surface area contributed by atoms with Gasteiger partial charge in [0.05, 0.1) is 17.0 Å². The van der Waals surface area contributed by atoms with Crippen molar-refractivity contribution in [1.29, 1.82) is 0 Å². The van der Waals surface area contributed by atoms with Crippen LogP contribution in [-0.4, -0.2) is 16.1 Å². The van der Waals surface area contributed by atoms with E-state index in [0.717, 1.165) is 27.5 Å². The highest BCUT2D eigenvalue weighted by Crippen LogP contribution is 2.46. The summed E-state index contributed by atoms with van der Waals surface area (Å²) in [7, 11) is 0. The molecule has 0 saturated heterocycles. The molecule has 1 aromatic heterocycles. The Kier molecular flexibility index (Phi) is 3.76. The molecule has 2 aromatic rings. The van der Waals surface area contributed by atoms with Crippen molar-refractivity contribution in [2.75, 3.05) is 0 Å². The predicted octanol–water partition coefficient (Wildman–Crippen LogP) is 5.47. The number of fused-ring (bicyclic) bond motifs is 1. The third-order valence-corrected chi connectivity index (χ3v) is 4.76. The number of aromatic amines is 1. The molecule has 0 spiro atoms. The van der Waals surface area contributed by atoms with E-state index >= 15 is 0 Å². The van der Waals surface area contributed by atoms with E-state index in [4.69, 9.17) is 0 Å². The Bertz CT molecular complexity index is 663. The minimum absolute atomic E-state index is 0.202. The number of nitrogens with zero attached hydrogens (tertiary/aromatic N) is 1. The molecule has 0 aliphatic heterocycles. The zero-order chi connectivity index (χ0) is 15.2. The summed E-state index contributed by atoms with van der Waals surface area (Å²) in [6.45, 7) is 1.92. The SMILES string of the molecule is Cc1cc(Br)cc2[nH]c(C3CCCCC3C(F)(F)F)nc12. The van der Waals surface area contributed by atoms with Crippen LogP contribution in [0.15, 0.2) is 16.6 Å². The maximum absolute atomic E-state index is 13.2. The number of H-pyrrole nitrogens is 1. The quantitative estimate of drug-likeness (QED) is 0.717. The molecule has 2 atom stereocenters. The van der Waals surface area contributed by atoms with Gasteiger partial charge in [-0.25, -0.2) is 4.98 Å². The van der Waals surface area contributed by atoms with E-state index in [0.29, 0.717) is 18.7 Å². The fourth-order valence-corrected chi connectivity index (χ4v) is 3.86. The molecule has 1 aromatic carbocycles. The monoisotopic (exact) mass is 360 g/mol. The highest BCUT2D eigenvalue weighted by molar-refractivity contribution is 9.10. The molecule has 1 heterocycles. The average molecular weight is 361 g/mol. The number of aryl methyl sites for hydroxylation is 1. The van der Waals surface area contributed by atoms with E-state index < -0.39 is 18.0 Å². The Morgan fingerprint density at radius 3 is 2.67 bits per heavy atom. The molecule has 21 heavy (non-hydrogen) atoms. The van der Waals surface area contributed by atoms with Crippen LogP contribution in [-0.2, 0) is 0 Å². The Morgan fingerprint density at radius 1 is 1.24 bits per heavy atom. The van der Waals surface area contributed by atoms with Gasteiger partial charge in [0, 0.05) is 10.4 Å². The Balaban J connectivity index is 2.04. The van der Waals surface area contributed by atoms with Gasteiger partial charge in [0.25, 0.3) is 0 Å². The molecular formula is C15H16BrF3N2. The molecule has 2 unspecified atom stereocenters. The number of halogens is 4. The lowest BCUT2D eigenvalue weighted by Crippen LogP contribution is -2.32. The van der Waals surface area contributed by atoms with Crippen molar-refractivity contribution in [3.63, 3.8) is 0 Å². The molecule has 2 nitrogen and oxygen atoms in total. The molecule has 0 radical (unpaired) electrons. The third-order valence-electron chi connectivity index (χ3n) is 4.30. The van der Waals surface area contributed by atoms with Crippen molar-refractivity contribution in [3.05, 3.63) is 28.0 Å². The van der Waals surface area contributed by atoms with E-state index in [1.54, 1.807) is 0 Å². The highest BCUT2D eigenvalue weighted by Gasteiger charge is 2.46. The summed E-state index contributed by atoms with van der Waals surface area (Å²) in [5.74, 6) is -1.35. The molecule has 114 valence electrons. The second kappa shape index (κ2) is 5.30. The van der Waals surface area contributed by atoms with Gasteiger partial charge >= 0.3 is 6.18 Å². The van der Waals surface area contributed by atoms with Crippen LogP contribution in [0.3, 0.4) is 0 Å². The minimum Gasteiger partial charge on any atom is -0.342 e. The minimum atomic E-state index is -4.15. The maximum Gasteiger partial charge on any atom is 0.392 e. The fourth-order valence-electron chi connectivity index (χ4n) is 3.29. The summed E-state index contributed by atoms with van der Waals surface area (Å²) in [4.78, 5) is 7.57. The lowest BCUT2D eigenvalue weighted by atomic mass is 9.78. The van der Waals surface area contributed by atoms with Gasteiger partial charge in [0.15, 0.2) is 0 Å². The molecule has 6 heteroatoms. The third kappa shape index (κ3) is 2.82. The fraction of sp³-hybridized carbons (Fsp3) is 0.533. The van der Waals surface area contributed by atoms with Crippen LogP contribution in [0.4, 0.5) is 13.2 Å². The first kappa shape index (κ1) is 14.9. The van der Waals surface area contributed by atoms with Gasteiger partial charge in [-0.3, -0.25) is 0 Å². The first-order valence-electron chi connectivity index (χ1n) is 7.09. The van der Waals surface area contributed by atoms with E-state index in [1.807, 2.05) is 19.1 Å². The number of alkyl halides is 3. The van der Waals surface area contributed by atoms with E-state index in [2.05, 4.69) is 25.9 Å². The van der Waals surface area contributed by atoms with Crippen LogP contribution < -0.4 is 0 Å². The first-order chi connectivity index (χ1) is 9.86. The lowest BCUT2D eigenvalue weighted by molar-refractivity contribution is -0.187. The molecule has 3 rings (SSSR count). The van der Waals surface area contributed by atoms with E-state index in [1.165, 1.54) is 0 Å². The van der Waals surface area contributed by atoms with Crippen molar-refractivity contribution >= 4 is 27.0 Å². The summed E-state index contributed by atoms with van der Waals surface area (Å²) in [5, 5.41) is 0. The molecule has 1 aliphatic carbocycles. The average Bonchev–Trinajstić information content (AvgIpc) is 2.81. The molecule has 1 N–H and O–H groups in total. The van der Waals surface area contributed by atoms with Gasteiger partial charge < -0.3 is 4.98 Å². The molecule has 1 saturated carbocycles. The summed E-state index contributed by atoms with van der Waals surface area (Å²) in [5.41, 5.74) is 2.52. The summed E-state index contributed by atoms with van der Waals surface area (Å²) >= 11 is 3.40. The second-order valence-corrected chi connectivity index (χ2v) is 6.70. The molecule has 0 amide bonds. The summed E-state index contributed by atoms with van der Waals surface area (Å²) in [6.07, 6.45) is -1.93. The summed E-state index contributed by atoms with van der Waals surface area (Å²) < 4.78 is 40.6. The Hall–Kier alpha value is -1.04. The summed E-state index contributed by atoms with van der Waals surface area (Å²) in [6, 6.07) is 3.79. The predicted molar refractivity (Wildman–Crippen MR) is 79.3 cm³/mol. The maximum atomic E-state index is 13.2. The van der Waals surface area contributed by atoms with Gasteiger partial charge in [-0.2, -0.15) is 13.2 Å². The van der Waals surface area contributed by atoms with Crippen molar-refractivity contribution < 1.29 is 13.2 Å². The number of aromatic nitrogens is 2. The van der Waals surface area contributed by atoms with Crippen LogP contribution in [0, 0.1) is 12.8 Å². The largest absolute Gasteiger partial charge is 0.392 e. The van der Waals surface area contributed by atoms with Gasteiger partial charge in [0.1, 0.15) is 5.82 Å². The van der Waals surface area contributed by atoms with E-state index in [9.17, 15) is 13.2 Å². The number of benzene rings is 1. The van der Waals surface area contributed by atoms with Crippen LogP contribution in [0.5, 0.6) is 0 Å². The molecule has 1 fully saturated rings. The van der Waals surface area contributed by atoms with Crippen molar-refractivity contribution in [3.8, 4) is 0 Å². The smallest absolute Gasteiger partial charge is 0.342 e. The van der Waals surface area contributed by atoms with Gasteiger partial charge in [-0.15, -0.1) is 0 Å².